The van der Waals surface area contributed by atoms with Crippen molar-refractivity contribution in [3.05, 3.63) is 18.2 Å². The third kappa shape index (κ3) is 2.65. The van der Waals surface area contributed by atoms with E-state index < -0.39 is 12.0 Å². The summed E-state index contributed by atoms with van der Waals surface area (Å²) in [5.41, 5.74) is 1.24. The molecule has 1 aliphatic heterocycles. The van der Waals surface area contributed by atoms with Gasteiger partial charge in [0.25, 0.3) is 5.91 Å². The van der Waals surface area contributed by atoms with Crippen LogP contribution in [0.25, 0.3) is 0 Å². The zero-order chi connectivity index (χ0) is 13.3. The SMILES string of the molecule is CC(O)C(=O)Nc1ccc2c(c1)NC(=O)C(C)S2. The van der Waals surface area contributed by atoms with Crippen LogP contribution < -0.4 is 10.6 Å². The van der Waals surface area contributed by atoms with Crippen molar-refractivity contribution in [2.45, 2.75) is 30.1 Å². The summed E-state index contributed by atoms with van der Waals surface area (Å²) < 4.78 is 0. The molecule has 2 amide bonds. The third-order valence-corrected chi connectivity index (χ3v) is 3.73. The van der Waals surface area contributed by atoms with Gasteiger partial charge in [-0.3, -0.25) is 9.59 Å². The molecule has 6 heteroatoms. The van der Waals surface area contributed by atoms with Gasteiger partial charge in [-0.15, -0.1) is 11.8 Å². The zero-order valence-electron chi connectivity index (χ0n) is 10.1. The number of aliphatic hydroxyl groups is 1. The lowest BCUT2D eigenvalue weighted by Crippen LogP contribution is -2.27. The van der Waals surface area contributed by atoms with Gasteiger partial charge in [-0.1, -0.05) is 0 Å². The van der Waals surface area contributed by atoms with E-state index in [2.05, 4.69) is 10.6 Å². The Balaban J connectivity index is 2.20. The predicted octanol–water partition coefficient (Wildman–Crippen LogP) is 1.44. The molecule has 18 heavy (non-hydrogen) atoms. The summed E-state index contributed by atoms with van der Waals surface area (Å²) in [6, 6.07) is 5.27. The molecule has 1 aromatic carbocycles. The average molecular weight is 266 g/mol. The van der Waals surface area contributed by atoms with Gasteiger partial charge >= 0.3 is 0 Å². The van der Waals surface area contributed by atoms with Crippen LogP contribution in [0.3, 0.4) is 0 Å². The Morgan fingerprint density at radius 1 is 1.56 bits per heavy atom. The van der Waals surface area contributed by atoms with Gasteiger partial charge in [0.05, 0.1) is 10.9 Å². The molecule has 0 saturated carbocycles. The standard InChI is InChI=1S/C12H14N2O3S/c1-6(15)11(16)13-8-3-4-10-9(5-8)14-12(17)7(2)18-10/h3-7,15H,1-2H3,(H,13,16)(H,14,17). The number of carbonyl (C=O) groups excluding carboxylic acids is 2. The summed E-state index contributed by atoms with van der Waals surface area (Å²) in [7, 11) is 0. The fourth-order valence-electron chi connectivity index (χ4n) is 1.53. The van der Waals surface area contributed by atoms with Crippen molar-refractivity contribution in [3.63, 3.8) is 0 Å². The first kappa shape index (κ1) is 12.9. The fraction of sp³-hybridized carbons (Fsp3) is 0.333. The van der Waals surface area contributed by atoms with Crippen LogP contribution in [0, 0.1) is 0 Å². The number of benzene rings is 1. The monoisotopic (exact) mass is 266 g/mol. The summed E-state index contributed by atoms with van der Waals surface area (Å²) in [4.78, 5) is 23.9. The smallest absolute Gasteiger partial charge is 0.252 e. The normalized spacial score (nSPS) is 19.7. The Bertz CT molecular complexity index is 502. The van der Waals surface area contributed by atoms with E-state index in [1.807, 2.05) is 13.0 Å². The summed E-state index contributed by atoms with van der Waals surface area (Å²) in [5, 5.41) is 14.3. The number of fused-ring (bicyclic) bond motifs is 1. The maximum Gasteiger partial charge on any atom is 0.252 e. The molecule has 96 valence electrons. The number of rotatable bonds is 2. The number of nitrogens with one attached hydrogen (secondary N) is 2. The van der Waals surface area contributed by atoms with Gasteiger partial charge in [0.15, 0.2) is 0 Å². The Morgan fingerprint density at radius 2 is 2.28 bits per heavy atom. The number of thioether (sulfide) groups is 1. The maximum atomic E-state index is 11.5. The maximum absolute atomic E-state index is 11.5. The summed E-state index contributed by atoms with van der Waals surface area (Å²) in [5.74, 6) is -0.524. The van der Waals surface area contributed by atoms with Crippen LogP contribution in [0.2, 0.25) is 0 Å². The highest BCUT2D eigenvalue weighted by atomic mass is 32.2. The van der Waals surface area contributed by atoms with Gasteiger partial charge in [0, 0.05) is 10.6 Å². The average Bonchev–Trinajstić information content (AvgIpc) is 2.31. The van der Waals surface area contributed by atoms with Crippen molar-refractivity contribution in [1.82, 2.24) is 0 Å². The van der Waals surface area contributed by atoms with Crippen LogP contribution in [0.1, 0.15) is 13.8 Å². The van der Waals surface area contributed by atoms with Crippen LogP contribution >= 0.6 is 11.8 Å². The first-order chi connectivity index (χ1) is 8.47. The van der Waals surface area contributed by atoms with Crippen LogP contribution in [0.5, 0.6) is 0 Å². The molecule has 0 aromatic heterocycles. The molecule has 1 aromatic rings. The van der Waals surface area contributed by atoms with E-state index in [1.165, 1.54) is 18.7 Å². The lowest BCUT2D eigenvalue weighted by Gasteiger charge is -2.22. The highest BCUT2D eigenvalue weighted by Gasteiger charge is 2.23. The number of hydrogen-bond donors (Lipinski definition) is 3. The van der Waals surface area contributed by atoms with Crippen LogP contribution in [0.4, 0.5) is 11.4 Å². The highest BCUT2D eigenvalue weighted by molar-refractivity contribution is 8.00. The highest BCUT2D eigenvalue weighted by Crippen LogP contribution is 2.36. The first-order valence-corrected chi connectivity index (χ1v) is 6.46. The van der Waals surface area contributed by atoms with Gasteiger partial charge in [-0.05, 0) is 32.0 Å². The minimum Gasteiger partial charge on any atom is -0.384 e. The molecule has 1 aliphatic rings. The predicted molar refractivity (Wildman–Crippen MR) is 70.7 cm³/mol. The largest absolute Gasteiger partial charge is 0.384 e. The van der Waals surface area contributed by atoms with E-state index in [0.717, 1.165) is 4.90 Å². The topological polar surface area (TPSA) is 78.4 Å². The van der Waals surface area contributed by atoms with Crippen molar-refractivity contribution in [1.29, 1.82) is 0 Å². The molecule has 0 spiro atoms. The molecule has 0 saturated heterocycles. The van der Waals surface area contributed by atoms with Gasteiger partial charge in [0.2, 0.25) is 5.91 Å². The number of hydrogen-bond acceptors (Lipinski definition) is 4. The number of amides is 2. The van der Waals surface area contributed by atoms with Gasteiger partial charge in [-0.25, -0.2) is 0 Å². The number of aliphatic hydroxyl groups excluding tert-OH is 1. The number of carbonyl (C=O) groups is 2. The number of anilines is 2. The third-order valence-electron chi connectivity index (χ3n) is 2.56. The van der Waals surface area contributed by atoms with Crippen molar-refractivity contribution in [2.24, 2.45) is 0 Å². The van der Waals surface area contributed by atoms with E-state index in [-0.39, 0.29) is 11.2 Å². The molecular formula is C12H14N2O3S. The van der Waals surface area contributed by atoms with E-state index in [1.54, 1.807) is 12.1 Å². The van der Waals surface area contributed by atoms with Gasteiger partial charge in [0.1, 0.15) is 6.10 Å². The Kier molecular flexibility index (Phi) is 3.58. The summed E-state index contributed by atoms with van der Waals surface area (Å²) >= 11 is 1.48. The lowest BCUT2D eigenvalue weighted by molar-refractivity contribution is -0.123. The second-order valence-electron chi connectivity index (χ2n) is 4.13. The molecule has 0 fully saturated rings. The molecule has 0 radical (unpaired) electrons. The Hall–Kier alpha value is -1.53. The molecule has 2 atom stereocenters. The van der Waals surface area contributed by atoms with E-state index in [0.29, 0.717) is 11.4 Å². The minimum atomic E-state index is -1.06. The van der Waals surface area contributed by atoms with Crippen molar-refractivity contribution in [2.75, 3.05) is 10.6 Å². The molecule has 5 nitrogen and oxygen atoms in total. The molecule has 0 aliphatic carbocycles. The van der Waals surface area contributed by atoms with E-state index in [4.69, 9.17) is 5.11 Å². The molecule has 1 heterocycles. The van der Waals surface area contributed by atoms with Gasteiger partial charge in [-0.2, -0.15) is 0 Å². The molecule has 2 unspecified atom stereocenters. The van der Waals surface area contributed by atoms with Crippen LogP contribution in [-0.4, -0.2) is 28.3 Å². The van der Waals surface area contributed by atoms with Crippen molar-refractivity contribution in [3.8, 4) is 0 Å². The van der Waals surface area contributed by atoms with Crippen molar-refractivity contribution >= 4 is 35.0 Å². The van der Waals surface area contributed by atoms with Crippen LogP contribution in [-0.2, 0) is 9.59 Å². The van der Waals surface area contributed by atoms with Gasteiger partial charge < -0.3 is 15.7 Å². The zero-order valence-corrected chi connectivity index (χ0v) is 10.9. The molecule has 3 N–H and O–H groups in total. The molecule has 0 bridgehead atoms. The van der Waals surface area contributed by atoms with Crippen molar-refractivity contribution < 1.29 is 14.7 Å². The second-order valence-corrected chi connectivity index (χ2v) is 5.51. The van der Waals surface area contributed by atoms with Crippen LogP contribution in [0.15, 0.2) is 23.1 Å². The Labute approximate surface area is 109 Å². The lowest BCUT2D eigenvalue weighted by atomic mass is 10.2. The fourth-order valence-corrected chi connectivity index (χ4v) is 2.46. The summed E-state index contributed by atoms with van der Waals surface area (Å²) in [6.07, 6.45) is -1.06. The van der Waals surface area contributed by atoms with E-state index >= 15 is 0 Å². The molecular weight excluding hydrogens is 252 g/mol. The molecule has 2 rings (SSSR count). The first-order valence-electron chi connectivity index (χ1n) is 5.58. The van der Waals surface area contributed by atoms with E-state index in [9.17, 15) is 9.59 Å². The second kappa shape index (κ2) is 4.99. The minimum absolute atomic E-state index is 0.0495. The Morgan fingerprint density at radius 3 is 2.94 bits per heavy atom. The quantitative estimate of drug-likeness (QED) is 0.757. The summed E-state index contributed by atoms with van der Waals surface area (Å²) in [6.45, 7) is 3.24.